The lowest BCUT2D eigenvalue weighted by Crippen LogP contribution is -1.29. The van der Waals surface area contributed by atoms with Crippen LogP contribution in [0.4, 0.5) is 0 Å². The summed E-state index contributed by atoms with van der Waals surface area (Å²) in [6, 6.07) is 0. The second kappa shape index (κ2) is 88400. The van der Waals surface area contributed by atoms with E-state index in [0.29, 0.717) is 0 Å². The smallest absolute Gasteiger partial charge is 0.140 e. The molecule has 0 fully saturated rings. The topological polar surface area (TPSA) is 89.0 Å². The van der Waals surface area contributed by atoms with Gasteiger partial charge in [0, 0.05) is 0 Å². The zero-order valence-corrected chi connectivity index (χ0v) is 3.14. The highest BCUT2D eigenvalue weighted by atomic mass is 31.0. The summed E-state index contributed by atoms with van der Waals surface area (Å²) in [5.74, 6) is 0. The highest BCUT2D eigenvalue weighted by Gasteiger charge is 0.745. The normalized spacial score (nSPS) is 5.60. The zero-order chi connectivity index (χ0) is 4.71. The summed E-state index contributed by atoms with van der Waals surface area (Å²) in [5, 5.41) is 12.0. The average molecular weight is 101 g/mol. The van der Waals surface area contributed by atoms with Gasteiger partial charge in [-0.2, -0.15) is 0 Å². The summed E-state index contributed by atoms with van der Waals surface area (Å²) >= 11 is 0. The average Bonchev–Trinajstić information content (AvgIpc) is 1.46. The Morgan fingerprint density at radius 2 is 1.80 bits per heavy atom. The second-order valence-corrected chi connectivity index (χ2v) is 0. The monoisotopic (exact) mass is 101 g/mol. The molecule has 0 aliphatic rings. The van der Waals surface area contributed by atoms with Crippen molar-refractivity contribution in [3.63, 3.8) is 0 Å². The van der Waals surface area contributed by atoms with E-state index in [4.69, 9.17) is 16.4 Å². The van der Waals surface area contributed by atoms with Gasteiger partial charge >= 0.3 is 0 Å². The molecule has 0 aliphatic carbocycles. The highest BCUT2D eigenvalue weighted by molar-refractivity contribution is 7.00. The van der Waals surface area contributed by atoms with Gasteiger partial charge in [-0.15, -0.1) is 0 Å². The first-order valence-corrected chi connectivity index (χ1v) is 0.748. The minimum absolute atomic E-state index is 0. The van der Waals surface area contributed by atoms with Crippen molar-refractivity contribution in [1.29, 1.82) is 1.28 Å². The largest absolute Gasteiger partial charge is 0.412 e. The van der Waals surface area contributed by atoms with E-state index in [9.17, 15) is 0 Å². The maximum absolute atomic E-state index is 8.57. The Morgan fingerprint density at radius 3 is 1.80 bits per heavy atom. The van der Waals surface area contributed by atoms with Crippen LogP contribution in [0.3, 0.4) is 0 Å². The summed E-state index contributed by atoms with van der Waals surface area (Å²) in [5.41, 5.74) is 0. The molecule has 5 heavy (non-hydrogen) atoms. The quantitative estimate of drug-likeness (QED) is 0.248. The van der Waals surface area contributed by atoms with Crippen LogP contribution in [0.5, 0.6) is 0 Å². The first kappa shape index (κ1) is 8.88. The lowest BCUT2D eigenvalue weighted by molar-refractivity contribution is -0.176. The van der Waals surface area contributed by atoms with Crippen LogP contribution in [0.25, 0.3) is 0 Å². The first-order chi connectivity index (χ1) is 2.41. The van der Waals surface area contributed by atoms with Gasteiger partial charge in [0.05, 0.1) is 0 Å². The van der Waals surface area contributed by atoms with Gasteiger partial charge in [0.1, 0.15) is 10.3 Å². The Balaban J connectivity index is -0.0000000275. The molecule has 0 bridgehead atoms. The molecule has 0 aromatic carbocycles. The summed E-state index contributed by atoms with van der Waals surface area (Å²) in [4.78, 5) is 0. The molecule has 0 saturated carbocycles. The number of hydrogen-bond acceptors (Lipinski definition) is 3. The van der Waals surface area contributed by atoms with Crippen molar-refractivity contribution < 1.29 is 20.6 Å². The Bertz CT molecular complexity index is 15.0. The number of rotatable bonds is 0. The molecule has 4 N–H and O–H groups in total. The van der Waals surface area contributed by atoms with Gasteiger partial charge in [-0.1, -0.05) is 0 Å². The molecule has 4 nitrogen and oxygen atoms in total. The van der Waals surface area contributed by atoms with Crippen molar-refractivity contribution in [3.05, 3.63) is 0 Å². The molecule has 0 rings (SSSR count). The zero-order valence-electron chi connectivity index (χ0n) is 3.25. The van der Waals surface area contributed by atoms with Crippen molar-refractivity contribution >= 4 is 9.06 Å². The third-order valence-electron chi connectivity index (χ3n) is 0. The molecule has 0 aliphatic heterocycles. The van der Waals surface area contributed by atoms with Crippen molar-refractivity contribution in [2.45, 2.75) is 0 Å². The van der Waals surface area contributed by atoms with E-state index in [-0.39, 0.29) is 5.48 Å². The van der Waals surface area contributed by atoms with Gasteiger partial charge < -0.3 is 5.48 Å². The molecule has 0 aromatic heterocycles. The van der Waals surface area contributed by atoms with Gasteiger partial charge in [-0.3, -0.25) is 15.1 Å². The molecule has 0 spiro atoms. The SMILES string of the molecule is O.OO.[2H]P=O. The Hall–Kier alpha value is -0.0200. The van der Waals surface area contributed by atoms with Crippen LogP contribution in [0.1, 0.15) is 0 Å². The van der Waals surface area contributed by atoms with Crippen LogP contribution in [0.15, 0.2) is 0 Å². The molecular weight excluding hydrogens is 95.0 g/mol. The van der Waals surface area contributed by atoms with Crippen molar-refractivity contribution in [2.75, 3.05) is 0 Å². The molecular formula is H5O4P. The fraction of sp³-hybridized carbons (Fsp3) is 0. The van der Waals surface area contributed by atoms with E-state index in [1.54, 1.807) is 0 Å². The van der Waals surface area contributed by atoms with Gasteiger partial charge in [0.15, 0.2) is 0 Å². The predicted octanol–water partition coefficient (Wildman–Crippen LogP) is -0.333. The molecule has 0 heterocycles. The summed E-state index contributed by atoms with van der Waals surface area (Å²) in [6.07, 6.45) is 0. The third-order valence-corrected chi connectivity index (χ3v) is 0. The standard InChI is InChI=1S/H2O2.HOP.H2O/c2*1-2;/h1-2H;2H;1H2/i;2D;. The van der Waals surface area contributed by atoms with E-state index in [1.165, 1.54) is 0 Å². The molecule has 0 saturated heterocycles. The van der Waals surface area contributed by atoms with Crippen LogP contribution in [0, 0.1) is 0 Å². The van der Waals surface area contributed by atoms with E-state index >= 15 is 0 Å². The Morgan fingerprint density at radius 1 is 1.80 bits per heavy atom. The van der Waals surface area contributed by atoms with Crippen LogP contribution in [-0.2, 0) is 4.57 Å². The molecule has 0 atom stereocenters. The van der Waals surface area contributed by atoms with E-state index in [0.717, 1.165) is 0 Å². The van der Waals surface area contributed by atoms with Crippen molar-refractivity contribution in [3.8, 4) is 0 Å². The summed E-state index contributed by atoms with van der Waals surface area (Å²) in [6.45, 7) is 0. The van der Waals surface area contributed by atoms with E-state index in [2.05, 4.69) is 0 Å². The Kier molecular flexibility index (Phi) is 157000. The second-order valence-electron chi connectivity index (χ2n) is 0. The van der Waals surface area contributed by atoms with Crippen LogP contribution in [0.2, 0.25) is 0 Å². The van der Waals surface area contributed by atoms with Crippen LogP contribution >= 0.6 is 9.06 Å². The molecule has 0 unspecified atom stereocenters. The lowest BCUT2D eigenvalue weighted by Gasteiger charge is -1.25. The molecule has 0 radical (unpaired) electrons. The van der Waals surface area contributed by atoms with Gasteiger partial charge in [0.2, 0.25) is 0 Å². The van der Waals surface area contributed by atoms with Crippen LogP contribution in [-0.4, -0.2) is 17.3 Å². The van der Waals surface area contributed by atoms with E-state index in [1.807, 2.05) is 0 Å². The maximum Gasteiger partial charge on any atom is 0.140 e. The van der Waals surface area contributed by atoms with Crippen molar-refractivity contribution in [2.24, 2.45) is 0 Å². The fourth-order valence-electron chi connectivity index (χ4n) is 0. The third kappa shape index (κ3) is 39000. The van der Waals surface area contributed by atoms with Gasteiger partial charge in [-0.25, -0.2) is 0 Å². The maximum atomic E-state index is 8.57. The minimum Gasteiger partial charge on any atom is -0.412 e. The molecule has 5 heteroatoms. The molecule has 0 amide bonds. The van der Waals surface area contributed by atoms with Crippen molar-refractivity contribution in [1.82, 2.24) is 0 Å². The first-order valence-electron chi connectivity index (χ1n) is 0.830. The van der Waals surface area contributed by atoms with Gasteiger partial charge in [0.25, 0.3) is 0 Å². The molecule has 0 aromatic rings. The van der Waals surface area contributed by atoms with Gasteiger partial charge in [-0.05, 0) is 0 Å². The fourth-order valence-corrected chi connectivity index (χ4v) is 0. The predicted molar refractivity (Wildman–Crippen MR) is 17.9 cm³/mol. The summed E-state index contributed by atoms with van der Waals surface area (Å²) in [7, 11) is -0.583. The van der Waals surface area contributed by atoms with E-state index < -0.39 is 9.06 Å². The summed E-state index contributed by atoms with van der Waals surface area (Å²) < 4.78 is 14.2. The number of hydrogen-bond donors (Lipinski definition) is 2. The molecule has 34 valence electrons. The lowest BCUT2D eigenvalue weighted by atomic mass is 15.0. The highest BCUT2D eigenvalue weighted by Crippen LogP contribution is 1.23. The van der Waals surface area contributed by atoms with Crippen LogP contribution < -0.4 is 0 Å². The minimum atomic E-state index is -0.583. The Labute approximate surface area is 32.2 Å².